The Morgan fingerprint density at radius 3 is 2.33 bits per heavy atom. The van der Waals surface area contributed by atoms with Gasteiger partial charge >= 0.3 is 24.2 Å². The SMILES string of the molecule is COCCOC12CC3CC(C1)C([C@@H](NC(=O)C(F)(F)F)c1ccccc1)C(OC(=O)C(F)(F)F)(C3)C2. The molecule has 0 saturated heterocycles. The van der Waals surface area contributed by atoms with E-state index < -0.39 is 53.3 Å². The standard InChI is InChI=1S/C24H27F6NO5/c1-34-7-8-35-21-10-14-9-16(12-21)17(22(11-14,13-21)36-20(33)24(28,29)30)18(15-5-3-2-4-6-15)31-19(32)23(25,26)27/h2-6,14,16-18H,7-13H2,1H3,(H,31,32)/t14?,16?,17?,18-,21?,22?/m0/s1. The van der Waals surface area contributed by atoms with Crippen LogP contribution in [0.15, 0.2) is 30.3 Å². The van der Waals surface area contributed by atoms with Crippen LogP contribution in [0.25, 0.3) is 0 Å². The van der Waals surface area contributed by atoms with Gasteiger partial charge in [0, 0.05) is 19.4 Å². The van der Waals surface area contributed by atoms with Gasteiger partial charge < -0.3 is 19.5 Å². The first-order valence-corrected chi connectivity index (χ1v) is 11.6. The van der Waals surface area contributed by atoms with Crippen LogP contribution < -0.4 is 5.32 Å². The molecule has 5 unspecified atom stereocenters. The molecule has 0 aliphatic heterocycles. The second-order valence-electron chi connectivity index (χ2n) is 10.0. The number of hydrogen-bond acceptors (Lipinski definition) is 5. The number of carbonyl (C=O) groups is 2. The van der Waals surface area contributed by atoms with Gasteiger partial charge in [-0.25, -0.2) is 4.79 Å². The van der Waals surface area contributed by atoms with Gasteiger partial charge in [0.25, 0.3) is 0 Å². The molecule has 0 radical (unpaired) electrons. The van der Waals surface area contributed by atoms with Gasteiger partial charge in [-0.05, 0) is 43.1 Å². The van der Waals surface area contributed by atoms with Crippen molar-refractivity contribution in [2.24, 2.45) is 17.8 Å². The number of rotatable bonds is 8. The van der Waals surface area contributed by atoms with Crippen LogP contribution in [0, 0.1) is 17.8 Å². The zero-order valence-electron chi connectivity index (χ0n) is 19.5. The molecule has 12 heteroatoms. The molecule has 0 heterocycles. The summed E-state index contributed by atoms with van der Waals surface area (Å²) in [4.78, 5) is 24.2. The van der Waals surface area contributed by atoms with E-state index in [1.54, 1.807) is 18.2 Å². The number of methoxy groups -OCH3 is 1. The van der Waals surface area contributed by atoms with Crippen molar-refractivity contribution in [2.75, 3.05) is 20.3 Å². The topological polar surface area (TPSA) is 73.9 Å². The number of hydrogen-bond donors (Lipinski definition) is 1. The molecule has 1 N–H and O–H groups in total. The molecule has 4 aliphatic rings. The van der Waals surface area contributed by atoms with Crippen molar-refractivity contribution in [1.29, 1.82) is 0 Å². The van der Waals surface area contributed by atoms with Gasteiger partial charge in [-0.3, -0.25) is 4.79 Å². The number of halogens is 6. The molecule has 4 saturated carbocycles. The molecular weight excluding hydrogens is 496 g/mol. The molecule has 6 atom stereocenters. The van der Waals surface area contributed by atoms with E-state index in [4.69, 9.17) is 14.2 Å². The van der Waals surface area contributed by atoms with Gasteiger partial charge in [-0.15, -0.1) is 0 Å². The minimum Gasteiger partial charge on any atom is -0.452 e. The average molecular weight is 523 g/mol. The highest BCUT2D eigenvalue weighted by molar-refractivity contribution is 5.82. The fraction of sp³-hybridized carbons (Fsp3) is 0.667. The highest BCUT2D eigenvalue weighted by atomic mass is 19.4. The summed E-state index contributed by atoms with van der Waals surface area (Å²) in [5.74, 6) is -6.24. The summed E-state index contributed by atoms with van der Waals surface area (Å²) in [6, 6.07) is 6.40. The van der Waals surface area contributed by atoms with E-state index in [2.05, 4.69) is 0 Å². The first-order chi connectivity index (χ1) is 16.8. The van der Waals surface area contributed by atoms with E-state index in [-0.39, 0.29) is 37.5 Å². The summed E-state index contributed by atoms with van der Waals surface area (Å²) >= 11 is 0. The minimum atomic E-state index is -5.30. The van der Waals surface area contributed by atoms with Gasteiger partial charge in [-0.2, -0.15) is 26.3 Å². The summed E-state index contributed by atoms with van der Waals surface area (Å²) in [5, 5.41) is 2.01. The van der Waals surface area contributed by atoms with Crippen LogP contribution in [0.4, 0.5) is 26.3 Å². The van der Waals surface area contributed by atoms with Crippen molar-refractivity contribution in [1.82, 2.24) is 5.32 Å². The molecule has 0 aromatic heterocycles. The Morgan fingerprint density at radius 1 is 1.03 bits per heavy atom. The summed E-state index contributed by atoms with van der Waals surface area (Å²) < 4.78 is 96.2. The van der Waals surface area contributed by atoms with Crippen LogP contribution in [-0.2, 0) is 23.8 Å². The number of amides is 1. The maximum absolute atomic E-state index is 13.4. The number of esters is 1. The lowest BCUT2D eigenvalue weighted by molar-refractivity contribution is -0.279. The summed E-state index contributed by atoms with van der Waals surface area (Å²) in [6.07, 6.45) is -9.18. The molecule has 1 aromatic rings. The monoisotopic (exact) mass is 523 g/mol. The molecule has 200 valence electrons. The van der Waals surface area contributed by atoms with Crippen molar-refractivity contribution in [2.45, 2.75) is 61.7 Å². The van der Waals surface area contributed by atoms with Crippen LogP contribution in [0.5, 0.6) is 0 Å². The minimum absolute atomic E-state index is 0.0383. The molecule has 4 aliphatic carbocycles. The number of ether oxygens (including phenoxy) is 3. The Bertz CT molecular complexity index is 970. The predicted octanol–water partition coefficient (Wildman–Crippen LogP) is 4.49. The van der Waals surface area contributed by atoms with E-state index in [9.17, 15) is 35.9 Å². The van der Waals surface area contributed by atoms with E-state index >= 15 is 0 Å². The highest BCUT2D eigenvalue weighted by Gasteiger charge is 2.68. The molecule has 1 amide bonds. The van der Waals surface area contributed by atoms with Gasteiger partial charge in [0.1, 0.15) is 5.60 Å². The lowest BCUT2D eigenvalue weighted by atomic mass is 9.46. The maximum atomic E-state index is 13.4. The third-order valence-corrected chi connectivity index (χ3v) is 7.59. The molecule has 4 fully saturated rings. The van der Waals surface area contributed by atoms with Gasteiger partial charge in [0.2, 0.25) is 0 Å². The molecule has 6 nitrogen and oxygen atoms in total. The fourth-order valence-corrected chi connectivity index (χ4v) is 6.78. The normalized spacial score (nSPS) is 32.2. The third kappa shape index (κ3) is 5.20. The molecular formula is C24H27F6NO5. The van der Waals surface area contributed by atoms with Crippen molar-refractivity contribution in [3.05, 3.63) is 35.9 Å². The smallest absolute Gasteiger partial charge is 0.452 e. The fourth-order valence-electron chi connectivity index (χ4n) is 6.78. The van der Waals surface area contributed by atoms with Crippen molar-refractivity contribution >= 4 is 11.9 Å². The van der Waals surface area contributed by atoms with E-state index in [0.29, 0.717) is 19.3 Å². The second-order valence-corrected chi connectivity index (χ2v) is 10.0. The number of alkyl halides is 6. The molecule has 4 bridgehead atoms. The summed E-state index contributed by atoms with van der Waals surface area (Å²) in [5.41, 5.74) is -2.39. The lowest BCUT2D eigenvalue weighted by Crippen LogP contribution is -2.68. The number of carbonyl (C=O) groups excluding carboxylic acids is 2. The predicted molar refractivity (Wildman–Crippen MR) is 112 cm³/mol. The highest BCUT2D eigenvalue weighted by Crippen LogP contribution is 2.65. The van der Waals surface area contributed by atoms with Crippen LogP contribution >= 0.6 is 0 Å². The van der Waals surface area contributed by atoms with Crippen LogP contribution in [-0.4, -0.2) is 55.8 Å². The molecule has 36 heavy (non-hydrogen) atoms. The van der Waals surface area contributed by atoms with Gasteiger partial charge in [0.15, 0.2) is 0 Å². The summed E-state index contributed by atoms with van der Waals surface area (Å²) in [6.45, 7) is 0.404. The Morgan fingerprint density at radius 2 is 1.72 bits per heavy atom. The van der Waals surface area contributed by atoms with Crippen LogP contribution in [0.2, 0.25) is 0 Å². The largest absolute Gasteiger partial charge is 0.490 e. The number of nitrogens with one attached hydrogen (secondary N) is 1. The first kappa shape index (κ1) is 26.7. The Hall–Kier alpha value is -2.34. The lowest BCUT2D eigenvalue weighted by Gasteiger charge is -2.65. The Kier molecular flexibility index (Phi) is 7.06. The Labute approximate surface area is 203 Å². The van der Waals surface area contributed by atoms with Crippen LogP contribution in [0.3, 0.4) is 0 Å². The van der Waals surface area contributed by atoms with E-state index in [1.165, 1.54) is 19.2 Å². The van der Waals surface area contributed by atoms with Crippen LogP contribution in [0.1, 0.15) is 43.7 Å². The molecule has 1 aromatic carbocycles. The van der Waals surface area contributed by atoms with E-state index in [0.717, 1.165) is 0 Å². The second kappa shape index (κ2) is 9.51. The first-order valence-electron chi connectivity index (χ1n) is 11.6. The summed E-state index contributed by atoms with van der Waals surface area (Å²) in [7, 11) is 1.47. The van der Waals surface area contributed by atoms with Gasteiger partial charge in [0.05, 0.1) is 24.9 Å². The zero-order valence-corrected chi connectivity index (χ0v) is 19.5. The van der Waals surface area contributed by atoms with Crippen molar-refractivity contribution < 1.29 is 50.1 Å². The Balaban J connectivity index is 1.77. The maximum Gasteiger partial charge on any atom is 0.490 e. The molecule has 5 rings (SSSR count). The molecule has 0 spiro atoms. The third-order valence-electron chi connectivity index (χ3n) is 7.59. The number of benzene rings is 1. The zero-order chi connectivity index (χ0) is 26.4. The van der Waals surface area contributed by atoms with Crippen molar-refractivity contribution in [3.8, 4) is 0 Å². The van der Waals surface area contributed by atoms with Gasteiger partial charge in [-0.1, -0.05) is 30.3 Å². The van der Waals surface area contributed by atoms with Crippen molar-refractivity contribution in [3.63, 3.8) is 0 Å². The van der Waals surface area contributed by atoms with E-state index in [1.807, 2.05) is 5.32 Å². The quantitative estimate of drug-likeness (QED) is 0.309. The average Bonchev–Trinajstić information content (AvgIpc) is 2.76.